The molecule has 3 heterocycles. The number of nitrogens with zero attached hydrogens (tertiary/aromatic N) is 3. The van der Waals surface area contributed by atoms with Crippen LogP contribution < -0.4 is 0 Å². The Hall–Kier alpha value is -1.34. The molecule has 0 spiro atoms. The van der Waals surface area contributed by atoms with Gasteiger partial charge in [-0.2, -0.15) is 0 Å². The number of hydrogen-bond donors (Lipinski definition) is 0. The van der Waals surface area contributed by atoms with Crippen molar-refractivity contribution in [2.45, 2.75) is 5.03 Å². The van der Waals surface area contributed by atoms with Crippen LogP contribution in [0.5, 0.6) is 0 Å². The maximum Gasteiger partial charge on any atom is 0.409 e. The average molecular weight is 281 g/mol. The third-order valence-corrected chi connectivity index (χ3v) is 4.66. The number of cyclic esters (lactones) is 1. The Morgan fingerprint density at radius 2 is 2.44 bits per heavy atom. The summed E-state index contributed by atoms with van der Waals surface area (Å²) in [6, 6.07) is 1.99. The molecule has 2 aromatic rings. The molecule has 1 amide bonds. The Morgan fingerprint density at radius 3 is 3.28 bits per heavy atom. The van der Waals surface area contributed by atoms with E-state index in [0.717, 1.165) is 21.0 Å². The van der Waals surface area contributed by atoms with Crippen LogP contribution in [0.1, 0.15) is 0 Å². The normalized spacial score (nSPS) is 15.3. The van der Waals surface area contributed by atoms with E-state index in [1.807, 2.05) is 11.4 Å². The quantitative estimate of drug-likeness (QED) is 0.635. The van der Waals surface area contributed by atoms with Crippen molar-refractivity contribution in [1.82, 2.24) is 14.9 Å². The molecule has 1 aliphatic heterocycles. The maximum atomic E-state index is 11.3. The molecule has 0 unspecified atom stereocenters. The van der Waals surface area contributed by atoms with Crippen molar-refractivity contribution in [2.75, 3.05) is 25.4 Å². The van der Waals surface area contributed by atoms with Gasteiger partial charge in [0, 0.05) is 12.3 Å². The minimum absolute atomic E-state index is 0.209. The number of hydrogen-bond acceptors (Lipinski definition) is 6. The molecule has 0 N–H and O–H groups in total. The van der Waals surface area contributed by atoms with Gasteiger partial charge in [-0.15, -0.1) is 23.1 Å². The van der Waals surface area contributed by atoms with Crippen LogP contribution in [-0.4, -0.2) is 46.4 Å². The first-order chi connectivity index (χ1) is 8.84. The third kappa shape index (κ3) is 2.28. The molecule has 3 rings (SSSR count). The lowest BCUT2D eigenvalue weighted by atomic mass is 10.5. The van der Waals surface area contributed by atoms with Gasteiger partial charge in [0.1, 0.15) is 18.0 Å². The highest BCUT2D eigenvalue weighted by Crippen LogP contribution is 2.28. The van der Waals surface area contributed by atoms with Gasteiger partial charge in [0.15, 0.2) is 0 Å². The number of aromatic nitrogens is 2. The molecule has 0 radical (unpaired) electrons. The van der Waals surface area contributed by atoms with Crippen molar-refractivity contribution in [2.24, 2.45) is 0 Å². The Kier molecular flexibility index (Phi) is 3.33. The van der Waals surface area contributed by atoms with Gasteiger partial charge < -0.3 is 9.64 Å². The zero-order valence-corrected chi connectivity index (χ0v) is 11.2. The Labute approximate surface area is 112 Å². The topological polar surface area (TPSA) is 55.3 Å². The average Bonchev–Trinajstić information content (AvgIpc) is 2.99. The third-order valence-electron chi connectivity index (χ3n) is 2.66. The summed E-state index contributed by atoms with van der Waals surface area (Å²) in [5.41, 5.74) is 0.984. The predicted octanol–water partition coefficient (Wildman–Crippen LogP) is 2.24. The lowest BCUT2D eigenvalue weighted by Gasteiger charge is -2.11. The molecule has 5 nitrogen and oxygen atoms in total. The van der Waals surface area contributed by atoms with E-state index in [2.05, 4.69) is 9.97 Å². The van der Waals surface area contributed by atoms with Crippen LogP contribution in [0.15, 0.2) is 22.8 Å². The standard InChI is InChI=1S/C11H11N3O2S2/c15-11-14(2-4-16-11)3-6-18-10-9-8(1-5-17-9)12-7-13-10/h1,5,7H,2-4,6H2. The summed E-state index contributed by atoms with van der Waals surface area (Å²) >= 11 is 3.30. The second-order valence-corrected chi connectivity index (χ2v) is 5.76. The van der Waals surface area contributed by atoms with Crippen molar-refractivity contribution >= 4 is 39.4 Å². The second-order valence-electron chi connectivity index (χ2n) is 3.76. The van der Waals surface area contributed by atoms with Gasteiger partial charge in [-0.1, -0.05) is 0 Å². The minimum atomic E-state index is -0.209. The van der Waals surface area contributed by atoms with Gasteiger partial charge in [0.2, 0.25) is 0 Å². The van der Waals surface area contributed by atoms with Crippen molar-refractivity contribution in [3.8, 4) is 0 Å². The zero-order valence-electron chi connectivity index (χ0n) is 9.54. The molecule has 0 saturated carbocycles. The lowest BCUT2D eigenvalue weighted by molar-refractivity contribution is 0.160. The fourth-order valence-corrected chi connectivity index (χ4v) is 3.66. The Morgan fingerprint density at radius 1 is 1.50 bits per heavy atom. The van der Waals surface area contributed by atoms with Crippen molar-refractivity contribution in [3.63, 3.8) is 0 Å². The molecule has 0 aromatic carbocycles. The van der Waals surface area contributed by atoms with Gasteiger partial charge in [0.05, 0.1) is 16.8 Å². The largest absolute Gasteiger partial charge is 0.448 e. The summed E-state index contributed by atoms with van der Waals surface area (Å²) in [5.74, 6) is 0.819. The molecule has 1 aliphatic rings. The minimum Gasteiger partial charge on any atom is -0.448 e. The van der Waals surface area contributed by atoms with E-state index >= 15 is 0 Å². The summed E-state index contributed by atoms with van der Waals surface area (Å²) in [6.45, 7) is 1.89. The van der Waals surface area contributed by atoms with Crippen LogP contribution in [0.25, 0.3) is 10.2 Å². The molecule has 0 atom stereocenters. The number of carbonyl (C=O) groups is 1. The van der Waals surface area contributed by atoms with Crippen LogP contribution in [0, 0.1) is 0 Å². The molecule has 1 fully saturated rings. The van der Waals surface area contributed by atoms with E-state index in [0.29, 0.717) is 19.7 Å². The number of thioether (sulfide) groups is 1. The molecule has 0 bridgehead atoms. The van der Waals surface area contributed by atoms with Crippen LogP contribution in [0.3, 0.4) is 0 Å². The van der Waals surface area contributed by atoms with Crippen LogP contribution in [0.2, 0.25) is 0 Å². The Balaban J connectivity index is 1.63. The molecule has 18 heavy (non-hydrogen) atoms. The number of fused-ring (bicyclic) bond motifs is 1. The summed E-state index contributed by atoms with van der Waals surface area (Å²) in [7, 11) is 0. The number of rotatable bonds is 4. The molecule has 7 heteroatoms. The molecule has 2 aromatic heterocycles. The number of ether oxygens (including phenoxy) is 1. The fraction of sp³-hybridized carbons (Fsp3) is 0.364. The Bertz CT molecular complexity index is 572. The number of carbonyl (C=O) groups excluding carboxylic acids is 1. The molecule has 1 saturated heterocycles. The first kappa shape index (κ1) is 11.7. The molecule has 0 aliphatic carbocycles. The first-order valence-electron chi connectivity index (χ1n) is 5.57. The van der Waals surface area contributed by atoms with Crippen LogP contribution in [0.4, 0.5) is 4.79 Å². The molecule has 94 valence electrons. The monoisotopic (exact) mass is 281 g/mol. The highest BCUT2D eigenvalue weighted by atomic mass is 32.2. The predicted molar refractivity (Wildman–Crippen MR) is 71.1 cm³/mol. The van der Waals surface area contributed by atoms with E-state index in [9.17, 15) is 4.79 Å². The summed E-state index contributed by atoms with van der Waals surface area (Å²) in [5, 5.41) is 3.00. The lowest BCUT2D eigenvalue weighted by Crippen LogP contribution is -2.26. The number of amides is 1. The number of thiophene rings is 1. The fourth-order valence-electron chi connectivity index (χ4n) is 1.75. The van der Waals surface area contributed by atoms with E-state index in [-0.39, 0.29) is 6.09 Å². The summed E-state index contributed by atoms with van der Waals surface area (Å²) in [4.78, 5) is 21.5. The van der Waals surface area contributed by atoms with Gasteiger partial charge in [0.25, 0.3) is 0 Å². The maximum absolute atomic E-state index is 11.3. The van der Waals surface area contributed by atoms with E-state index < -0.39 is 0 Å². The van der Waals surface area contributed by atoms with E-state index in [1.165, 1.54) is 0 Å². The smallest absolute Gasteiger partial charge is 0.409 e. The van der Waals surface area contributed by atoms with Crippen LogP contribution >= 0.6 is 23.1 Å². The van der Waals surface area contributed by atoms with Gasteiger partial charge >= 0.3 is 6.09 Å². The van der Waals surface area contributed by atoms with Gasteiger partial charge in [-0.25, -0.2) is 14.8 Å². The van der Waals surface area contributed by atoms with Crippen molar-refractivity contribution in [1.29, 1.82) is 0 Å². The first-order valence-corrected chi connectivity index (χ1v) is 7.44. The van der Waals surface area contributed by atoms with Crippen LogP contribution in [-0.2, 0) is 4.74 Å². The van der Waals surface area contributed by atoms with E-state index in [1.54, 1.807) is 34.3 Å². The molecular formula is C11H11N3O2S2. The summed E-state index contributed by atoms with van der Waals surface area (Å²) < 4.78 is 6.00. The molecular weight excluding hydrogens is 270 g/mol. The van der Waals surface area contributed by atoms with Gasteiger partial charge in [-0.3, -0.25) is 0 Å². The van der Waals surface area contributed by atoms with Crippen molar-refractivity contribution in [3.05, 3.63) is 17.8 Å². The highest BCUT2D eigenvalue weighted by molar-refractivity contribution is 7.99. The zero-order chi connectivity index (χ0) is 12.4. The summed E-state index contributed by atoms with van der Waals surface area (Å²) in [6.07, 6.45) is 1.38. The van der Waals surface area contributed by atoms with Crippen molar-refractivity contribution < 1.29 is 9.53 Å². The van der Waals surface area contributed by atoms with Gasteiger partial charge in [-0.05, 0) is 11.4 Å². The highest BCUT2D eigenvalue weighted by Gasteiger charge is 2.21. The van der Waals surface area contributed by atoms with E-state index in [4.69, 9.17) is 4.74 Å². The SMILES string of the molecule is O=C1OCCN1CCSc1ncnc2ccsc12. The second kappa shape index (κ2) is 5.11.